The number of anilines is 3. The molecule has 0 spiro atoms. The van der Waals surface area contributed by atoms with Crippen molar-refractivity contribution in [2.24, 2.45) is 0 Å². The molecule has 0 amide bonds. The number of nitrogens with zero attached hydrogens (tertiary/aromatic N) is 1. The molecule has 0 N–H and O–H groups in total. The van der Waals surface area contributed by atoms with Crippen LogP contribution in [-0.4, -0.2) is 0 Å². The maximum atomic E-state index is 2.53. The van der Waals surface area contributed by atoms with E-state index < -0.39 is 0 Å². The number of rotatable bonds is 4. The van der Waals surface area contributed by atoms with E-state index in [1.54, 1.807) is 0 Å². The molecule has 0 saturated carbocycles. The topological polar surface area (TPSA) is 3.24 Å². The fourth-order valence-corrected chi connectivity index (χ4v) is 8.61. The predicted molar refractivity (Wildman–Crippen MR) is 214 cm³/mol. The van der Waals surface area contributed by atoms with Crippen LogP contribution in [0.15, 0.2) is 176 Å². The van der Waals surface area contributed by atoms with Crippen molar-refractivity contribution in [3.63, 3.8) is 0 Å². The van der Waals surface area contributed by atoms with Gasteiger partial charge < -0.3 is 4.90 Å². The minimum Gasteiger partial charge on any atom is -0.309 e. The van der Waals surface area contributed by atoms with Crippen molar-refractivity contribution in [2.75, 3.05) is 4.90 Å². The molecule has 0 fully saturated rings. The van der Waals surface area contributed by atoms with E-state index in [0.717, 1.165) is 5.69 Å². The number of hydrogen-bond acceptors (Lipinski definition) is 1. The van der Waals surface area contributed by atoms with Gasteiger partial charge in [-0.2, -0.15) is 0 Å². The summed E-state index contributed by atoms with van der Waals surface area (Å²) in [5.41, 5.74) is 11.2. The third-order valence-corrected chi connectivity index (χ3v) is 11.0. The zero-order valence-electron chi connectivity index (χ0n) is 28.2. The van der Waals surface area contributed by atoms with Crippen LogP contribution in [0.5, 0.6) is 0 Å². The molecule has 1 heteroatoms. The molecular formula is C49H35N. The van der Waals surface area contributed by atoms with Crippen molar-refractivity contribution in [1.82, 2.24) is 0 Å². The molecule has 0 unspecified atom stereocenters. The van der Waals surface area contributed by atoms with Crippen LogP contribution in [0, 0.1) is 0 Å². The van der Waals surface area contributed by atoms with Crippen LogP contribution in [0.1, 0.15) is 25.0 Å². The number of fused-ring (bicyclic) bond motifs is 9. The van der Waals surface area contributed by atoms with Gasteiger partial charge in [0, 0.05) is 22.1 Å². The largest absolute Gasteiger partial charge is 0.309 e. The molecule has 9 aromatic rings. The van der Waals surface area contributed by atoms with E-state index in [2.05, 4.69) is 195 Å². The first-order valence-electron chi connectivity index (χ1n) is 17.5. The van der Waals surface area contributed by atoms with E-state index in [4.69, 9.17) is 0 Å². The zero-order chi connectivity index (χ0) is 33.4. The highest BCUT2D eigenvalue weighted by Crippen LogP contribution is 2.57. The lowest BCUT2D eigenvalue weighted by Gasteiger charge is -2.31. The molecule has 0 bridgehead atoms. The van der Waals surface area contributed by atoms with Gasteiger partial charge in [0.05, 0.1) is 11.4 Å². The van der Waals surface area contributed by atoms with Gasteiger partial charge in [-0.1, -0.05) is 159 Å². The van der Waals surface area contributed by atoms with Crippen LogP contribution in [0.3, 0.4) is 0 Å². The SMILES string of the molecule is CC1(C)c2ccccc2-c2c(N(c3ccc(-c4ccc5ccccc5c4)cc3)c3cc4ccccc4c4ccccc34)cc3ccccc3c21. The summed E-state index contributed by atoms with van der Waals surface area (Å²) in [6.07, 6.45) is 0. The van der Waals surface area contributed by atoms with E-state index in [1.807, 2.05) is 0 Å². The summed E-state index contributed by atoms with van der Waals surface area (Å²) in [6, 6.07) is 65.0. The van der Waals surface area contributed by atoms with E-state index >= 15 is 0 Å². The van der Waals surface area contributed by atoms with Gasteiger partial charge in [0.1, 0.15) is 0 Å². The van der Waals surface area contributed by atoms with Crippen molar-refractivity contribution >= 4 is 60.2 Å². The molecule has 1 aliphatic rings. The average Bonchev–Trinajstić information content (AvgIpc) is 3.42. The van der Waals surface area contributed by atoms with Crippen LogP contribution >= 0.6 is 0 Å². The molecule has 0 atom stereocenters. The van der Waals surface area contributed by atoms with Crippen LogP contribution in [0.25, 0.3) is 65.3 Å². The molecule has 1 aliphatic carbocycles. The average molecular weight is 638 g/mol. The lowest BCUT2D eigenvalue weighted by atomic mass is 9.80. The fourth-order valence-electron chi connectivity index (χ4n) is 8.61. The van der Waals surface area contributed by atoms with Crippen molar-refractivity contribution in [3.8, 4) is 22.3 Å². The van der Waals surface area contributed by atoms with Crippen molar-refractivity contribution in [3.05, 3.63) is 187 Å². The summed E-state index contributed by atoms with van der Waals surface area (Å²) in [5.74, 6) is 0. The van der Waals surface area contributed by atoms with Crippen LogP contribution in [-0.2, 0) is 5.41 Å². The van der Waals surface area contributed by atoms with Crippen LogP contribution in [0.4, 0.5) is 17.1 Å². The minimum atomic E-state index is -0.154. The third kappa shape index (κ3) is 4.27. The first-order chi connectivity index (χ1) is 24.6. The van der Waals surface area contributed by atoms with Gasteiger partial charge in [0.2, 0.25) is 0 Å². The lowest BCUT2D eigenvalue weighted by molar-refractivity contribution is 0.666. The maximum absolute atomic E-state index is 2.53. The normalized spacial score (nSPS) is 13.2. The summed E-state index contributed by atoms with van der Waals surface area (Å²) in [6.45, 7) is 4.78. The van der Waals surface area contributed by atoms with Gasteiger partial charge in [-0.25, -0.2) is 0 Å². The van der Waals surface area contributed by atoms with Gasteiger partial charge in [-0.15, -0.1) is 0 Å². The highest BCUT2D eigenvalue weighted by molar-refractivity contribution is 6.16. The van der Waals surface area contributed by atoms with E-state index in [0.29, 0.717) is 0 Å². The Bertz CT molecular complexity index is 2790. The molecular weight excluding hydrogens is 603 g/mol. The van der Waals surface area contributed by atoms with Crippen molar-refractivity contribution in [1.29, 1.82) is 0 Å². The second kappa shape index (κ2) is 10.9. The Morgan fingerprint density at radius 2 is 0.960 bits per heavy atom. The summed E-state index contributed by atoms with van der Waals surface area (Å²) >= 11 is 0. The molecule has 0 heterocycles. The standard InChI is InChI=1S/C49H35N/c1-49(2)44-22-12-11-21-43(44)47-46(31-37-16-6-8-18-40(37)48(47)49)50(45-30-36-15-5-7-17-39(36)41-19-9-10-20-42(41)45)38-27-25-33(26-28-38)35-24-23-32-13-3-4-14-34(32)29-35/h3-31H,1-2H3. The lowest BCUT2D eigenvalue weighted by Crippen LogP contribution is -2.17. The minimum absolute atomic E-state index is 0.154. The first-order valence-corrected chi connectivity index (χ1v) is 17.5. The van der Waals surface area contributed by atoms with E-state index in [1.165, 1.54) is 87.8 Å². The molecule has 236 valence electrons. The molecule has 1 nitrogen and oxygen atoms in total. The van der Waals surface area contributed by atoms with Crippen LogP contribution in [0.2, 0.25) is 0 Å². The Morgan fingerprint density at radius 3 is 1.74 bits per heavy atom. The molecule has 0 aliphatic heterocycles. The maximum Gasteiger partial charge on any atom is 0.0549 e. The van der Waals surface area contributed by atoms with Gasteiger partial charge in [-0.05, 0) is 95.9 Å². The number of benzene rings is 9. The summed E-state index contributed by atoms with van der Waals surface area (Å²) in [7, 11) is 0. The van der Waals surface area contributed by atoms with Gasteiger partial charge in [0.25, 0.3) is 0 Å². The van der Waals surface area contributed by atoms with Gasteiger partial charge in [-0.3, -0.25) is 0 Å². The fraction of sp³-hybridized carbons (Fsp3) is 0.0612. The summed E-state index contributed by atoms with van der Waals surface area (Å²) < 4.78 is 0. The smallest absolute Gasteiger partial charge is 0.0549 e. The molecule has 50 heavy (non-hydrogen) atoms. The summed E-state index contributed by atoms with van der Waals surface area (Å²) in [5, 5.41) is 10.1. The van der Waals surface area contributed by atoms with Gasteiger partial charge in [0.15, 0.2) is 0 Å². The Kier molecular flexibility index (Phi) is 6.29. The molecule has 0 saturated heterocycles. The van der Waals surface area contributed by atoms with E-state index in [-0.39, 0.29) is 5.41 Å². The van der Waals surface area contributed by atoms with E-state index in [9.17, 15) is 0 Å². The molecule has 9 aromatic carbocycles. The Morgan fingerprint density at radius 1 is 0.400 bits per heavy atom. The predicted octanol–water partition coefficient (Wildman–Crippen LogP) is 13.7. The third-order valence-electron chi connectivity index (χ3n) is 11.0. The summed E-state index contributed by atoms with van der Waals surface area (Å²) in [4.78, 5) is 2.53. The Labute approximate surface area is 292 Å². The highest BCUT2D eigenvalue weighted by Gasteiger charge is 2.39. The zero-order valence-corrected chi connectivity index (χ0v) is 28.2. The Balaban J connectivity index is 1.28. The second-order valence-electron chi connectivity index (χ2n) is 14.1. The second-order valence-corrected chi connectivity index (χ2v) is 14.1. The molecule has 0 radical (unpaired) electrons. The van der Waals surface area contributed by atoms with Crippen molar-refractivity contribution in [2.45, 2.75) is 19.3 Å². The molecule has 10 rings (SSSR count). The number of hydrogen-bond donors (Lipinski definition) is 0. The van der Waals surface area contributed by atoms with Crippen LogP contribution < -0.4 is 4.90 Å². The Hall–Kier alpha value is -6.18. The van der Waals surface area contributed by atoms with Crippen molar-refractivity contribution < 1.29 is 0 Å². The highest BCUT2D eigenvalue weighted by atomic mass is 15.1. The molecule has 0 aromatic heterocycles. The van der Waals surface area contributed by atoms with Gasteiger partial charge >= 0.3 is 0 Å². The first kappa shape index (κ1) is 28.8. The monoisotopic (exact) mass is 637 g/mol. The quantitative estimate of drug-likeness (QED) is 0.174.